The molecular weight excluding hydrogens is 386 g/mol. The number of aliphatic hydroxyl groups is 2. The van der Waals surface area contributed by atoms with Gasteiger partial charge in [-0.25, -0.2) is 4.79 Å². The largest absolute Gasteiger partial charge is 0.465 e. The van der Waals surface area contributed by atoms with Crippen molar-refractivity contribution in [2.75, 3.05) is 0 Å². The van der Waals surface area contributed by atoms with Crippen LogP contribution in [0.4, 0.5) is 8.78 Å². The van der Waals surface area contributed by atoms with Gasteiger partial charge in [0.15, 0.2) is 0 Å². The second-order valence-electron chi connectivity index (χ2n) is 8.53. The Hall–Kier alpha value is -0.840. The minimum Gasteiger partial charge on any atom is -0.457 e. The molecule has 0 amide bonds. The van der Waals surface area contributed by atoms with Crippen LogP contribution < -0.4 is 0 Å². The molecule has 27 heavy (non-hydrogen) atoms. The average Bonchev–Trinajstić information content (AvgIpc) is 3.07. The summed E-state index contributed by atoms with van der Waals surface area (Å²) in [5.41, 5.74) is -2.13. The van der Waals surface area contributed by atoms with Crippen LogP contribution in [0.3, 0.4) is 0 Å². The van der Waals surface area contributed by atoms with Crippen LogP contribution in [0.5, 0.6) is 0 Å². The van der Waals surface area contributed by atoms with Crippen molar-refractivity contribution in [3.8, 4) is 0 Å². The Balaban J connectivity index is 1.81. The lowest BCUT2D eigenvalue weighted by Gasteiger charge is -2.54. The Morgan fingerprint density at radius 2 is 1.74 bits per heavy atom. The van der Waals surface area contributed by atoms with E-state index in [0.717, 1.165) is 25.7 Å². The van der Waals surface area contributed by atoms with Gasteiger partial charge in [-0.05, 0) is 50.9 Å². The summed E-state index contributed by atoms with van der Waals surface area (Å²) in [6, 6.07) is 0. The Kier molecular flexibility index (Phi) is 5.11. The van der Waals surface area contributed by atoms with Crippen molar-refractivity contribution in [1.82, 2.24) is 0 Å². The number of rotatable bonds is 5. The molecule has 0 aromatic carbocycles. The number of hydrogen-bond donors (Lipinski definition) is 3. The lowest BCUT2D eigenvalue weighted by Crippen LogP contribution is -2.61. The van der Waals surface area contributed by atoms with Gasteiger partial charge in [-0.3, -0.25) is 4.55 Å². The average molecular weight is 412 g/mol. The van der Waals surface area contributed by atoms with Crippen LogP contribution >= 0.6 is 0 Å². The third kappa shape index (κ3) is 3.49. The molecule has 3 fully saturated rings. The second kappa shape index (κ2) is 6.60. The van der Waals surface area contributed by atoms with Gasteiger partial charge in [-0.15, -0.1) is 0 Å². The summed E-state index contributed by atoms with van der Waals surface area (Å²) >= 11 is 0. The molecule has 3 aliphatic carbocycles. The fraction of sp³-hybridized carbons (Fsp3) is 0.941. The standard InChI is InChI=1S/C17H26F2O7S/c1-15(21)6-4-5-11(15)10-9-12(13(10)16(22)7-2-3-8-16)26-14(20)17(18,19)27(23,24)25/h10-13,21-22H,2-9H2,1H3,(H,23,24,25). The van der Waals surface area contributed by atoms with Gasteiger partial charge >= 0.3 is 21.3 Å². The molecule has 0 aliphatic heterocycles. The van der Waals surface area contributed by atoms with Gasteiger partial charge in [0.1, 0.15) is 6.10 Å². The highest BCUT2D eigenvalue weighted by molar-refractivity contribution is 7.87. The third-order valence-corrected chi connectivity index (χ3v) is 7.60. The Morgan fingerprint density at radius 1 is 1.15 bits per heavy atom. The maximum atomic E-state index is 13.6. The number of carbonyl (C=O) groups is 1. The summed E-state index contributed by atoms with van der Waals surface area (Å²) < 4.78 is 62.0. The van der Waals surface area contributed by atoms with Crippen LogP contribution in [0.25, 0.3) is 0 Å². The molecule has 0 aromatic rings. The Bertz CT molecular complexity index is 700. The van der Waals surface area contributed by atoms with Crippen molar-refractivity contribution in [2.45, 2.75) is 80.9 Å². The summed E-state index contributed by atoms with van der Waals surface area (Å²) in [7, 11) is -5.94. The highest BCUT2D eigenvalue weighted by Gasteiger charge is 2.62. The van der Waals surface area contributed by atoms with E-state index in [-0.39, 0.29) is 18.3 Å². The first-order valence-electron chi connectivity index (χ1n) is 9.30. The zero-order valence-electron chi connectivity index (χ0n) is 15.1. The third-order valence-electron chi connectivity index (χ3n) is 6.79. The number of esters is 1. The lowest BCUT2D eigenvalue weighted by atomic mass is 9.55. The van der Waals surface area contributed by atoms with Gasteiger partial charge in [-0.1, -0.05) is 19.3 Å². The zero-order chi connectivity index (χ0) is 20.3. The Labute approximate surface area is 156 Å². The minimum atomic E-state index is -5.94. The van der Waals surface area contributed by atoms with Crippen LogP contribution in [0, 0.1) is 17.8 Å². The topological polar surface area (TPSA) is 121 Å². The van der Waals surface area contributed by atoms with Crippen LogP contribution in [0.1, 0.15) is 58.3 Å². The highest BCUT2D eigenvalue weighted by Crippen LogP contribution is 2.57. The van der Waals surface area contributed by atoms with Gasteiger partial charge in [0.2, 0.25) is 0 Å². The van der Waals surface area contributed by atoms with E-state index in [4.69, 9.17) is 9.29 Å². The molecule has 156 valence electrons. The van der Waals surface area contributed by atoms with Crippen molar-refractivity contribution < 1.29 is 41.5 Å². The SMILES string of the molecule is CC1(O)CCCC1C1CC(OC(=O)C(F)(F)S(=O)(=O)O)C1C1(O)CCCC1. The first-order chi connectivity index (χ1) is 12.3. The van der Waals surface area contributed by atoms with Crippen molar-refractivity contribution >= 4 is 16.1 Å². The van der Waals surface area contributed by atoms with Gasteiger partial charge in [0.25, 0.3) is 0 Å². The van der Waals surface area contributed by atoms with E-state index in [2.05, 4.69) is 0 Å². The van der Waals surface area contributed by atoms with Gasteiger partial charge < -0.3 is 14.9 Å². The normalized spacial score (nSPS) is 39.2. The Morgan fingerprint density at radius 3 is 2.22 bits per heavy atom. The summed E-state index contributed by atoms with van der Waals surface area (Å²) in [6.45, 7) is 1.71. The highest BCUT2D eigenvalue weighted by atomic mass is 32.2. The van der Waals surface area contributed by atoms with Crippen LogP contribution in [-0.4, -0.2) is 51.7 Å². The molecule has 3 rings (SSSR count). The molecule has 0 radical (unpaired) electrons. The predicted octanol–water partition coefficient (Wildman–Crippen LogP) is 1.87. The van der Waals surface area contributed by atoms with E-state index >= 15 is 0 Å². The quantitative estimate of drug-likeness (QED) is 0.466. The molecule has 0 heterocycles. The van der Waals surface area contributed by atoms with Crippen molar-refractivity contribution in [3.63, 3.8) is 0 Å². The van der Waals surface area contributed by atoms with Crippen molar-refractivity contribution in [2.24, 2.45) is 17.8 Å². The molecule has 0 spiro atoms. The lowest BCUT2D eigenvalue weighted by molar-refractivity contribution is -0.215. The van der Waals surface area contributed by atoms with E-state index in [9.17, 15) is 32.2 Å². The molecule has 0 bridgehead atoms. The molecule has 3 aliphatic rings. The summed E-state index contributed by atoms with van der Waals surface area (Å²) in [6.07, 6.45) is 3.61. The molecule has 0 saturated heterocycles. The van der Waals surface area contributed by atoms with Gasteiger partial charge in [-0.2, -0.15) is 17.2 Å². The molecule has 0 aromatic heterocycles. The molecule has 5 atom stereocenters. The number of carbonyl (C=O) groups excluding carboxylic acids is 1. The first-order valence-corrected chi connectivity index (χ1v) is 10.7. The molecule has 5 unspecified atom stereocenters. The van der Waals surface area contributed by atoms with E-state index < -0.39 is 44.6 Å². The van der Waals surface area contributed by atoms with Crippen LogP contribution in [0.2, 0.25) is 0 Å². The van der Waals surface area contributed by atoms with Crippen LogP contribution in [0.15, 0.2) is 0 Å². The van der Waals surface area contributed by atoms with E-state index in [0.29, 0.717) is 19.3 Å². The van der Waals surface area contributed by atoms with Crippen molar-refractivity contribution in [1.29, 1.82) is 0 Å². The van der Waals surface area contributed by atoms with E-state index in [1.165, 1.54) is 0 Å². The van der Waals surface area contributed by atoms with Gasteiger partial charge in [0.05, 0.1) is 11.2 Å². The second-order valence-corrected chi connectivity index (χ2v) is 9.99. The minimum absolute atomic E-state index is 0.149. The number of ether oxygens (including phenoxy) is 1. The maximum absolute atomic E-state index is 13.6. The summed E-state index contributed by atoms with van der Waals surface area (Å²) in [4.78, 5) is 11.7. The van der Waals surface area contributed by atoms with E-state index in [1.54, 1.807) is 6.92 Å². The number of halogens is 2. The number of hydrogen-bond acceptors (Lipinski definition) is 6. The smallest absolute Gasteiger partial charge is 0.457 e. The maximum Gasteiger partial charge on any atom is 0.465 e. The summed E-state index contributed by atoms with van der Waals surface area (Å²) in [5.74, 6) is -3.33. The molecule has 10 heteroatoms. The molecule has 7 nitrogen and oxygen atoms in total. The molecular formula is C17H26F2O7S. The summed E-state index contributed by atoms with van der Waals surface area (Å²) in [5, 5.41) is 16.6. The zero-order valence-corrected chi connectivity index (χ0v) is 15.9. The monoisotopic (exact) mass is 412 g/mol. The first kappa shape index (κ1) is 20.9. The fourth-order valence-electron chi connectivity index (χ4n) is 5.41. The fourth-order valence-corrected chi connectivity index (χ4v) is 5.66. The molecule has 3 saturated carbocycles. The molecule has 3 N–H and O–H groups in total. The predicted molar refractivity (Wildman–Crippen MR) is 89.4 cm³/mol. The number of alkyl halides is 2. The van der Waals surface area contributed by atoms with Crippen molar-refractivity contribution in [3.05, 3.63) is 0 Å². The van der Waals surface area contributed by atoms with E-state index in [1.807, 2.05) is 0 Å². The van der Waals surface area contributed by atoms with Gasteiger partial charge in [0, 0.05) is 5.92 Å². The van der Waals surface area contributed by atoms with Crippen LogP contribution in [-0.2, 0) is 19.6 Å².